The SMILES string of the molecule is IN1c2ccccc2CSC2CCCCC21. The van der Waals surface area contributed by atoms with Gasteiger partial charge in [-0.15, -0.1) is 0 Å². The first-order chi connectivity index (χ1) is 7.86. The highest BCUT2D eigenvalue weighted by Crippen LogP contribution is 2.42. The molecule has 1 nitrogen and oxygen atoms in total. The van der Waals surface area contributed by atoms with Gasteiger partial charge in [0.2, 0.25) is 0 Å². The zero-order valence-corrected chi connectivity index (χ0v) is 12.2. The molecule has 1 aromatic carbocycles. The van der Waals surface area contributed by atoms with Crippen LogP contribution < -0.4 is 3.11 Å². The van der Waals surface area contributed by atoms with E-state index in [9.17, 15) is 0 Å². The van der Waals surface area contributed by atoms with Crippen molar-refractivity contribution in [3.05, 3.63) is 29.8 Å². The van der Waals surface area contributed by atoms with Crippen molar-refractivity contribution in [2.24, 2.45) is 0 Å². The van der Waals surface area contributed by atoms with Gasteiger partial charge in [0.05, 0.1) is 34.6 Å². The highest BCUT2D eigenvalue weighted by atomic mass is 127. The summed E-state index contributed by atoms with van der Waals surface area (Å²) in [6.45, 7) is 0. The fraction of sp³-hybridized carbons (Fsp3) is 0.538. The Morgan fingerprint density at radius 2 is 2.00 bits per heavy atom. The number of hydrogen-bond acceptors (Lipinski definition) is 2. The molecule has 1 fully saturated rings. The molecule has 1 aliphatic carbocycles. The van der Waals surface area contributed by atoms with Crippen molar-refractivity contribution in [3.8, 4) is 0 Å². The smallest absolute Gasteiger partial charge is 0.0594 e. The van der Waals surface area contributed by atoms with E-state index in [-0.39, 0.29) is 0 Å². The first kappa shape index (κ1) is 11.2. The third-order valence-corrected chi connectivity index (χ3v) is 6.32. The normalized spacial score (nSPS) is 29.2. The molecule has 1 saturated carbocycles. The van der Waals surface area contributed by atoms with Crippen LogP contribution in [0.2, 0.25) is 0 Å². The fourth-order valence-electron chi connectivity index (χ4n) is 2.75. The number of halogens is 1. The second-order valence-corrected chi connectivity index (χ2v) is 6.91. The molecular formula is C13H16INS. The van der Waals surface area contributed by atoms with E-state index in [2.05, 4.69) is 62.0 Å². The van der Waals surface area contributed by atoms with Crippen molar-refractivity contribution in [2.45, 2.75) is 42.7 Å². The minimum absolute atomic E-state index is 0.753. The molecule has 0 amide bonds. The summed E-state index contributed by atoms with van der Waals surface area (Å²) in [7, 11) is 0. The van der Waals surface area contributed by atoms with Gasteiger partial charge in [-0.1, -0.05) is 31.0 Å². The van der Waals surface area contributed by atoms with Gasteiger partial charge >= 0.3 is 0 Å². The summed E-state index contributed by atoms with van der Waals surface area (Å²) in [4.78, 5) is 0. The van der Waals surface area contributed by atoms with E-state index in [1.165, 1.54) is 42.7 Å². The predicted molar refractivity (Wildman–Crippen MR) is 80.3 cm³/mol. The maximum absolute atomic E-state index is 2.53. The first-order valence-electron chi connectivity index (χ1n) is 6.01. The number of anilines is 1. The summed E-state index contributed by atoms with van der Waals surface area (Å²) in [5.74, 6) is 1.19. The van der Waals surface area contributed by atoms with Crippen LogP contribution in [0.25, 0.3) is 0 Å². The van der Waals surface area contributed by atoms with E-state index in [1.54, 1.807) is 0 Å². The van der Waals surface area contributed by atoms with Crippen LogP contribution in [-0.4, -0.2) is 11.3 Å². The van der Waals surface area contributed by atoms with Gasteiger partial charge in [0.25, 0.3) is 0 Å². The Morgan fingerprint density at radius 3 is 2.94 bits per heavy atom. The highest BCUT2D eigenvalue weighted by molar-refractivity contribution is 14.1. The standard InChI is InChI=1S/C13H16INS/c14-15-11-6-2-1-5-10(11)9-16-13-8-4-3-7-12(13)15/h1-2,5-6,12-13H,3-4,7-9H2. The Bertz CT molecular complexity index is 382. The number of hydrogen-bond donors (Lipinski definition) is 0. The highest BCUT2D eigenvalue weighted by Gasteiger charge is 2.33. The van der Waals surface area contributed by atoms with Crippen molar-refractivity contribution in [2.75, 3.05) is 3.11 Å². The lowest BCUT2D eigenvalue weighted by atomic mass is 9.94. The largest absolute Gasteiger partial charge is 0.310 e. The molecule has 2 unspecified atom stereocenters. The van der Waals surface area contributed by atoms with Crippen molar-refractivity contribution < 1.29 is 0 Å². The van der Waals surface area contributed by atoms with Gasteiger partial charge in [-0.3, -0.25) is 0 Å². The molecule has 86 valence electrons. The topological polar surface area (TPSA) is 3.24 Å². The third kappa shape index (κ3) is 1.96. The summed E-state index contributed by atoms with van der Waals surface area (Å²) in [6.07, 6.45) is 5.61. The predicted octanol–water partition coefficient (Wildman–Crippen LogP) is 4.40. The quantitative estimate of drug-likeness (QED) is 0.506. The summed E-state index contributed by atoms with van der Waals surface area (Å²) >= 11 is 4.70. The third-order valence-electron chi connectivity index (χ3n) is 3.63. The van der Waals surface area contributed by atoms with Crippen molar-refractivity contribution in [1.82, 2.24) is 0 Å². The summed E-state index contributed by atoms with van der Waals surface area (Å²) < 4.78 is 2.51. The van der Waals surface area contributed by atoms with Gasteiger partial charge in [-0.25, -0.2) is 0 Å². The molecule has 0 aromatic heterocycles. The monoisotopic (exact) mass is 345 g/mol. The summed E-state index contributed by atoms with van der Waals surface area (Å²) in [6, 6.07) is 9.64. The van der Waals surface area contributed by atoms with E-state index < -0.39 is 0 Å². The van der Waals surface area contributed by atoms with Crippen molar-refractivity contribution >= 4 is 40.3 Å². The Balaban J connectivity index is 1.96. The molecule has 1 aliphatic heterocycles. The van der Waals surface area contributed by atoms with Crippen LogP contribution in [0.1, 0.15) is 31.2 Å². The van der Waals surface area contributed by atoms with Crippen LogP contribution in [0.5, 0.6) is 0 Å². The molecule has 3 heteroatoms. The maximum Gasteiger partial charge on any atom is 0.0594 e. The van der Waals surface area contributed by atoms with E-state index in [1.807, 2.05) is 0 Å². The molecule has 3 rings (SSSR count). The van der Waals surface area contributed by atoms with Gasteiger partial charge in [0.1, 0.15) is 0 Å². The Kier molecular flexibility index (Phi) is 3.34. The van der Waals surface area contributed by atoms with Crippen LogP contribution in [0.4, 0.5) is 5.69 Å². The van der Waals surface area contributed by atoms with Gasteiger partial charge in [0, 0.05) is 11.0 Å². The molecule has 0 N–H and O–H groups in total. The lowest BCUT2D eigenvalue weighted by Gasteiger charge is -2.35. The first-order valence-corrected chi connectivity index (χ1v) is 8.02. The van der Waals surface area contributed by atoms with Gasteiger partial charge in [-0.05, 0) is 24.5 Å². The van der Waals surface area contributed by atoms with Crippen LogP contribution in [0, 0.1) is 0 Å². The number of nitrogens with zero attached hydrogens (tertiary/aromatic N) is 1. The molecule has 0 radical (unpaired) electrons. The molecule has 0 bridgehead atoms. The minimum atomic E-state index is 0.753. The average Bonchev–Trinajstić information content (AvgIpc) is 2.49. The Morgan fingerprint density at radius 1 is 1.19 bits per heavy atom. The van der Waals surface area contributed by atoms with Gasteiger partial charge in [-0.2, -0.15) is 11.8 Å². The number of para-hydroxylation sites is 1. The lowest BCUT2D eigenvalue weighted by Crippen LogP contribution is -2.37. The van der Waals surface area contributed by atoms with Crippen LogP contribution in [0.15, 0.2) is 24.3 Å². The summed E-state index contributed by atoms with van der Waals surface area (Å²) in [5.41, 5.74) is 2.96. The lowest BCUT2D eigenvalue weighted by molar-refractivity contribution is 0.464. The molecule has 16 heavy (non-hydrogen) atoms. The zero-order valence-electron chi connectivity index (χ0n) is 9.23. The van der Waals surface area contributed by atoms with Crippen molar-refractivity contribution in [3.63, 3.8) is 0 Å². The van der Waals surface area contributed by atoms with E-state index >= 15 is 0 Å². The number of fused-ring (bicyclic) bond motifs is 2. The zero-order chi connectivity index (χ0) is 11.0. The molecule has 2 aliphatic rings. The van der Waals surface area contributed by atoms with E-state index in [4.69, 9.17) is 0 Å². The van der Waals surface area contributed by atoms with Crippen LogP contribution in [0.3, 0.4) is 0 Å². The molecule has 0 spiro atoms. The number of benzene rings is 1. The fourth-order valence-corrected chi connectivity index (χ4v) is 5.55. The van der Waals surface area contributed by atoms with E-state index in [0.717, 1.165) is 11.3 Å². The maximum atomic E-state index is 2.53. The molecule has 2 atom stereocenters. The molecule has 1 aromatic rings. The Labute approximate surface area is 115 Å². The number of rotatable bonds is 0. The average molecular weight is 345 g/mol. The van der Waals surface area contributed by atoms with Gasteiger partial charge < -0.3 is 3.11 Å². The molecular weight excluding hydrogens is 329 g/mol. The molecule has 1 heterocycles. The van der Waals surface area contributed by atoms with Crippen LogP contribution in [-0.2, 0) is 5.75 Å². The van der Waals surface area contributed by atoms with Crippen molar-refractivity contribution in [1.29, 1.82) is 0 Å². The minimum Gasteiger partial charge on any atom is -0.310 e. The van der Waals surface area contributed by atoms with E-state index in [0.29, 0.717) is 0 Å². The number of thioether (sulfide) groups is 1. The second kappa shape index (κ2) is 4.77. The van der Waals surface area contributed by atoms with Crippen LogP contribution >= 0.6 is 34.6 Å². The molecule has 0 saturated heterocycles. The summed E-state index contributed by atoms with van der Waals surface area (Å²) in [5, 5.41) is 0.845. The van der Waals surface area contributed by atoms with Gasteiger partial charge in [0.15, 0.2) is 0 Å². The Hall–Kier alpha value is 0.100. The second-order valence-electron chi connectivity index (χ2n) is 4.64.